The Morgan fingerprint density at radius 1 is 1.27 bits per heavy atom. The summed E-state index contributed by atoms with van der Waals surface area (Å²) in [6.45, 7) is 15.3. The number of aromatic hydroxyl groups is 1. The summed E-state index contributed by atoms with van der Waals surface area (Å²) in [6.07, 6.45) is 9.43. The fourth-order valence-corrected chi connectivity index (χ4v) is 4.47. The molecule has 0 aromatic heterocycles. The second kappa shape index (κ2) is 10.7. The van der Waals surface area contributed by atoms with Crippen LogP contribution in [0.3, 0.4) is 0 Å². The summed E-state index contributed by atoms with van der Waals surface area (Å²) < 4.78 is 5.38. The minimum absolute atomic E-state index is 0.0183. The van der Waals surface area contributed by atoms with Crippen molar-refractivity contribution in [2.45, 2.75) is 79.6 Å². The van der Waals surface area contributed by atoms with E-state index < -0.39 is 0 Å². The summed E-state index contributed by atoms with van der Waals surface area (Å²) in [4.78, 5) is 12.4. The zero-order valence-electron chi connectivity index (χ0n) is 19.4. The molecule has 1 N–H and O–H groups in total. The summed E-state index contributed by atoms with van der Waals surface area (Å²) in [5.41, 5.74) is 5.85. The third-order valence-corrected chi connectivity index (χ3v) is 6.14. The molecule has 1 aliphatic rings. The molecule has 0 atom stereocenters. The fraction of sp³-hybridized carbons (Fsp3) is 0.519. The maximum Gasteiger partial charge on any atom is 0.338 e. The summed E-state index contributed by atoms with van der Waals surface area (Å²) in [5, 5.41) is 10.9. The quantitative estimate of drug-likeness (QED) is 0.259. The van der Waals surface area contributed by atoms with E-state index in [0.717, 1.165) is 55.2 Å². The number of esters is 1. The average molecular weight is 411 g/mol. The Morgan fingerprint density at radius 3 is 2.60 bits per heavy atom. The van der Waals surface area contributed by atoms with Crippen molar-refractivity contribution >= 4 is 11.5 Å². The van der Waals surface area contributed by atoms with Crippen LogP contribution in [0, 0.1) is 5.41 Å². The minimum atomic E-state index is -0.382. The van der Waals surface area contributed by atoms with Crippen LogP contribution in [0.25, 0.3) is 5.57 Å². The van der Waals surface area contributed by atoms with Crippen molar-refractivity contribution in [3.63, 3.8) is 0 Å². The molecule has 1 aromatic rings. The van der Waals surface area contributed by atoms with Crippen LogP contribution in [-0.2, 0) is 4.74 Å². The zero-order chi connectivity index (χ0) is 22.3. The van der Waals surface area contributed by atoms with Crippen LogP contribution in [0.2, 0.25) is 0 Å². The van der Waals surface area contributed by atoms with Crippen LogP contribution in [0.5, 0.6) is 5.75 Å². The molecule has 1 aromatic carbocycles. The average Bonchev–Trinajstić information content (AvgIpc) is 2.70. The lowest BCUT2D eigenvalue weighted by atomic mass is 9.68. The zero-order valence-corrected chi connectivity index (χ0v) is 19.4. The number of phenols is 1. The second-order valence-electron chi connectivity index (χ2n) is 9.08. The molecular formula is C27H38O3. The summed E-state index contributed by atoms with van der Waals surface area (Å²) >= 11 is 0. The number of hydrogen-bond donors (Lipinski definition) is 1. The largest absolute Gasteiger partial charge is 0.507 e. The van der Waals surface area contributed by atoms with Crippen molar-refractivity contribution in [3.8, 4) is 5.75 Å². The minimum Gasteiger partial charge on any atom is -0.507 e. The van der Waals surface area contributed by atoms with Gasteiger partial charge in [0, 0.05) is 5.56 Å². The van der Waals surface area contributed by atoms with Crippen molar-refractivity contribution in [2.24, 2.45) is 5.41 Å². The summed E-state index contributed by atoms with van der Waals surface area (Å²) in [7, 11) is 0. The van der Waals surface area contributed by atoms with E-state index >= 15 is 0 Å². The fourth-order valence-electron chi connectivity index (χ4n) is 4.47. The third kappa shape index (κ3) is 5.65. The second-order valence-corrected chi connectivity index (χ2v) is 9.08. The van der Waals surface area contributed by atoms with E-state index in [1.807, 2.05) is 19.1 Å². The van der Waals surface area contributed by atoms with E-state index in [1.165, 1.54) is 23.6 Å². The first-order valence-electron chi connectivity index (χ1n) is 11.3. The number of benzene rings is 1. The van der Waals surface area contributed by atoms with Gasteiger partial charge in [-0.1, -0.05) is 58.3 Å². The van der Waals surface area contributed by atoms with Crippen LogP contribution < -0.4 is 0 Å². The van der Waals surface area contributed by atoms with Gasteiger partial charge in [-0.3, -0.25) is 0 Å². The predicted octanol–water partition coefficient (Wildman–Crippen LogP) is 7.62. The summed E-state index contributed by atoms with van der Waals surface area (Å²) in [6, 6.07) is 5.13. The number of unbranched alkanes of at least 4 members (excludes halogenated alkanes) is 3. The molecule has 0 spiro atoms. The smallest absolute Gasteiger partial charge is 0.338 e. The Morgan fingerprint density at radius 2 is 2.00 bits per heavy atom. The van der Waals surface area contributed by atoms with Gasteiger partial charge >= 0.3 is 5.97 Å². The molecule has 0 unspecified atom stereocenters. The van der Waals surface area contributed by atoms with Gasteiger partial charge in [0.1, 0.15) is 5.75 Å². The Hall–Kier alpha value is -2.29. The Balaban J connectivity index is 2.35. The molecule has 164 valence electrons. The van der Waals surface area contributed by atoms with Crippen molar-refractivity contribution < 1.29 is 14.6 Å². The molecule has 0 amide bonds. The van der Waals surface area contributed by atoms with Gasteiger partial charge in [-0.05, 0) is 79.9 Å². The molecule has 3 nitrogen and oxygen atoms in total. The van der Waals surface area contributed by atoms with Gasteiger partial charge in [0.05, 0.1) is 12.2 Å². The highest BCUT2D eigenvalue weighted by molar-refractivity contribution is 5.93. The normalized spacial score (nSPS) is 16.8. The van der Waals surface area contributed by atoms with E-state index in [0.29, 0.717) is 12.2 Å². The monoisotopic (exact) mass is 410 g/mol. The Kier molecular flexibility index (Phi) is 8.52. The lowest BCUT2D eigenvalue weighted by molar-refractivity contribution is 0.0497. The number of carbonyl (C=O) groups is 1. The van der Waals surface area contributed by atoms with Crippen LogP contribution in [0.4, 0.5) is 0 Å². The first kappa shape index (κ1) is 24.0. The molecule has 0 bridgehead atoms. The standard InChI is InChI=1S/C27H38O3/c1-7-9-10-11-17-30-26(29)21-14-15-22(23(28)18-21)24(19(3)8-2)25-20(4)13-12-16-27(25,5)6/h8,14-15,18,28H,2,7,9-13,16-17H2,1,3-6H3/b24-19-. The molecule has 1 aliphatic carbocycles. The number of phenolic OH excluding ortho intramolecular Hbond substituents is 1. The topological polar surface area (TPSA) is 46.5 Å². The highest BCUT2D eigenvalue weighted by Crippen LogP contribution is 2.49. The van der Waals surface area contributed by atoms with Gasteiger partial charge in [0.25, 0.3) is 0 Å². The van der Waals surface area contributed by atoms with Crippen molar-refractivity contribution in [1.82, 2.24) is 0 Å². The molecule has 0 saturated heterocycles. The van der Waals surface area contributed by atoms with Gasteiger partial charge in [0.15, 0.2) is 0 Å². The SMILES string of the molecule is C=C/C(C)=C(\C1=C(C)CCCC1(C)C)c1ccc(C(=O)OCCCCCC)cc1O. The van der Waals surface area contributed by atoms with Crippen LogP contribution in [-0.4, -0.2) is 17.7 Å². The van der Waals surface area contributed by atoms with Gasteiger partial charge in [0.2, 0.25) is 0 Å². The number of hydrogen-bond acceptors (Lipinski definition) is 3. The van der Waals surface area contributed by atoms with Crippen molar-refractivity contribution in [1.29, 1.82) is 0 Å². The Labute approximate surface area is 182 Å². The first-order chi connectivity index (χ1) is 14.2. The number of allylic oxidation sites excluding steroid dienone is 5. The van der Waals surface area contributed by atoms with Crippen LogP contribution in [0.1, 0.15) is 95.5 Å². The number of ether oxygens (including phenoxy) is 1. The third-order valence-electron chi connectivity index (χ3n) is 6.14. The molecule has 2 rings (SSSR count). The first-order valence-corrected chi connectivity index (χ1v) is 11.3. The molecule has 0 fully saturated rings. The molecule has 0 aliphatic heterocycles. The summed E-state index contributed by atoms with van der Waals surface area (Å²) in [5.74, 6) is -0.277. The van der Waals surface area contributed by atoms with E-state index in [4.69, 9.17) is 4.74 Å². The lowest BCUT2D eigenvalue weighted by Gasteiger charge is -2.37. The van der Waals surface area contributed by atoms with Gasteiger partial charge in [-0.2, -0.15) is 0 Å². The highest BCUT2D eigenvalue weighted by Gasteiger charge is 2.32. The van der Waals surface area contributed by atoms with Crippen molar-refractivity contribution in [3.05, 3.63) is 58.7 Å². The van der Waals surface area contributed by atoms with E-state index in [9.17, 15) is 9.90 Å². The molecule has 30 heavy (non-hydrogen) atoms. The maximum absolute atomic E-state index is 12.4. The van der Waals surface area contributed by atoms with Crippen LogP contribution in [0.15, 0.2) is 47.6 Å². The molecule has 0 radical (unpaired) electrons. The predicted molar refractivity (Wildman–Crippen MR) is 126 cm³/mol. The maximum atomic E-state index is 12.4. The molecule has 3 heteroatoms. The van der Waals surface area contributed by atoms with Gasteiger partial charge in [-0.15, -0.1) is 0 Å². The Bertz CT molecular complexity index is 840. The van der Waals surface area contributed by atoms with E-state index in [1.54, 1.807) is 6.07 Å². The highest BCUT2D eigenvalue weighted by atomic mass is 16.5. The molecule has 0 heterocycles. The molecule has 0 saturated carbocycles. The number of rotatable bonds is 9. The van der Waals surface area contributed by atoms with E-state index in [-0.39, 0.29) is 17.1 Å². The van der Waals surface area contributed by atoms with Crippen molar-refractivity contribution in [2.75, 3.05) is 6.61 Å². The molecular weight excluding hydrogens is 372 g/mol. The van der Waals surface area contributed by atoms with Gasteiger partial charge in [-0.25, -0.2) is 4.79 Å². The van der Waals surface area contributed by atoms with E-state index in [2.05, 4.69) is 34.3 Å². The number of carbonyl (C=O) groups excluding carboxylic acids is 1. The van der Waals surface area contributed by atoms with Crippen LogP contribution >= 0.6 is 0 Å². The lowest BCUT2D eigenvalue weighted by Crippen LogP contribution is -2.22. The van der Waals surface area contributed by atoms with Gasteiger partial charge < -0.3 is 9.84 Å².